The number of aromatic hydroxyl groups is 1. The first-order valence-corrected chi connectivity index (χ1v) is 6.90. The van der Waals surface area contributed by atoms with Gasteiger partial charge in [0.15, 0.2) is 0 Å². The molecule has 2 N–H and O–H groups in total. The van der Waals surface area contributed by atoms with Crippen molar-refractivity contribution >= 4 is 41.0 Å². The number of phenols is 1. The van der Waals surface area contributed by atoms with E-state index in [0.717, 1.165) is 6.21 Å². The number of para-hydroxylation sites is 1. The SMILES string of the molecule is O=C(N/N=C\c1cc(Cl)cc(Cl)c1O)c1ccccc1[N+](=O)[O-]. The topological polar surface area (TPSA) is 105 Å². The fraction of sp³-hybridized carbons (Fsp3) is 0. The van der Waals surface area contributed by atoms with Gasteiger partial charge in [-0.3, -0.25) is 14.9 Å². The van der Waals surface area contributed by atoms with Crippen molar-refractivity contribution in [2.75, 3.05) is 0 Å². The highest BCUT2D eigenvalue weighted by molar-refractivity contribution is 6.36. The van der Waals surface area contributed by atoms with Crippen LogP contribution in [0, 0.1) is 10.1 Å². The lowest BCUT2D eigenvalue weighted by Gasteiger charge is -2.03. The van der Waals surface area contributed by atoms with Gasteiger partial charge in [-0.25, -0.2) is 5.43 Å². The van der Waals surface area contributed by atoms with Crippen LogP contribution >= 0.6 is 23.2 Å². The summed E-state index contributed by atoms with van der Waals surface area (Å²) in [4.78, 5) is 22.1. The maximum atomic E-state index is 11.9. The number of hydrogen-bond acceptors (Lipinski definition) is 5. The molecule has 1 amide bonds. The van der Waals surface area contributed by atoms with Crippen molar-refractivity contribution in [3.63, 3.8) is 0 Å². The summed E-state index contributed by atoms with van der Waals surface area (Å²) in [5.41, 5.74) is 1.85. The fourth-order valence-electron chi connectivity index (χ4n) is 1.73. The normalized spacial score (nSPS) is 10.7. The molecular formula is C14H9Cl2N3O4. The second-order valence-corrected chi connectivity index (χ2v) is 5.14. The average Bonchev–Trinajstić information content (AvgIpc) is 2.51. The molecule has 2 aromatic rings. The van der Waals surface area contributed by atoms with Crippen LogP contribution in [0.5, 0.6) is 5.75 Å². The number of nitrogens with zero attached hydrogens (tertiary/aromatic N) is 2. The van der Waals surface area contributed by atoms with Gasteiger partial charge in [0.05, 0.1) is 16.2 Å². The molecule has 2 rings (SSSR count). The van der Waals surface area contributed by atoms with Gasteiger partial charge in [-0.1, -0.05) is 35.3 Å². The van der Waals surface area contributed by atoms with Gasteiger partial charge in [0.2, 0.25) is 0 Å². The monoisotopic (exact) mass is 353 g/mol. The molecule has 0 aliphatic heterocycles. The number of rotatable bonds is 4. The van der Waals surface area contributed by atoms with Crippen LogP contribution in [0.3, 0.4) is 0 Å². The quantitative estimate of drug-likeness (QED) is 0.499. The second kappa shape index (κ2) is 7.08. The van der Waals surface area contributed by atoms with Gasteiger partial charge in [0.25, 0.3) is 11.6 Å². The Bertz CT molecular complexity index is 809. The van der Waals surface area contributed by atoms with E-state index in [2.05, 4.69) is 10.5 Å². The van der Waals surface area contributed by atoms with Gasteiger partial charge in [0.1, 0.15) is 11.3 Å². The van der Waals surface area contributed by atoms with Crippen LogP contribution in [-0.4, -0.2) is 22.2 Å². The number of carbonyl (C=O) groups is 1. The lowest BCUT2D eigenvalue weighted by atomic mass is 10.2. The zero-order chi connectivity index (χ0) is 17.0. The number of halogens is 2. The summed E-state index contributed by atoms with van der Waals surface area (Å²) in [5, 5.41) is 24.5. The third-order valence-electron chi connectivity index (χ3n) is 2.77. The Morgan fingerprint density at radius 3 is 2.70 bits per heavy atom. The molecule has 23 heavy (non-hydrogen) atoms. The molecule has 0 bridgehead atoms. The van der Waals surface area contributed by atoms with E-state index < -0.39 is 10.8 Å². The summed E-state index contributed by atoms with van der Waals surface area (Å²) < 4.78 is 0. The molecule has 0 unspecified atom stereocenters. The van der Waals surface area contributed by atoms with Crippen molar-refractivity contribution in [2.24, 2.45) is 5.10 Å². The van der Waals surface area contributed by atoms with E-state index in [9.17, 15) is 20.0 Å². The van der Waals surface area contributed by atoms with E-state index in [1.54, 1.807) is 0 Å². The average molecular weight is 354 g/mol. The Kier molecular flexibility index (Phi) is 5.15. The molecule has 0 aromatic heterocycles. The third kappa shape index (κ3) is 3.97. The number of benzene rings is 2. The van der Waals surface area contributed by atoms with Crippen LogP contribution in [-0.2, 0) is 0 Å². The minimum atomic E-state index is -0.763. The van der Waals surface area contributed by atoms with Crippen LogP contribution in [0.1, 0.15) is 15.9 Å². The van der Waals surface area contributed by atoms with Crippen molar-refractivity contribution in [3.8, 4) is 5.75 Å². The maximum Gasteiger partial charge on any atom is 0.282 e. The summed E-state index contributed by atoms with van der Waals surface area (Å²) in [7, 11) is 0. The van der Waals surface area contributed by atoms with Crippen LogP contribution in [0.15, 0.2) is 41.5 Å². The Morgan fingerprint density at radius 2 is 2.00 bits per heavy atom. The zero-order valence-electron chi connectivity index (χ0n) is 11.4. The van der Waals surface area contributed by atoms with Gasteiger partial charge in [0, 0.05) is 16.7 Å². The second-order valence-electron chi connectivity index (χ2n) is 4.30. The van der Waals surface area contributed by atoms with E-state index in [1.807, 2.05) is 0 Å². The number of nitrogens with one attached hydrogen (secondary N) is 1. The summed E-state index contributed by atoms with van der Waals surface area (Å²) >= 11 is 11.5. The van der Waals surface area contributed by atoms with E-state index in [0.29, 0.717) is 0 Å². The van der Waals surface area contributed by atoms with Gasteiger partial charge < -0.3 is 5.11 Å². The summed E-state index contributed by atoms with van der Waals surface area (Å²) in [6.45, 7) is 0. The molecule has 0 aliphatic carbocycles. The zero-order valence-corrected chi connectivity index (χ0v) is 12.9. The van der Waals surface area contributed by atoms with Crippen LogP contribution in [0.2, 0.25) is 10.0 Å². The smallest absolute Gasteiger partial charge is 0.282 e. The highest BCUT2D eigenvalue weighted by atomic mass is 35.5. The molecule has 9 heteroatoms. The molecule has 118 valence electrons. The van der Waals surface area contributed by atoms with Crippen molar-refractivity contribution in [3.05, 3.63) is 67.7 Å². The number of amides is 1. The number of carbonyl (C=O) groups excluding carboxylic acids is 1. The van der Waals surface area contributed by atoms with Crippen LogP contribution in [0.25, 0.3) is 0 Å². The first kappa shape index (κ1) is 16.7. The Morgan fingerprint density at radius 1 is 1.30 bits per heavy atom. The standard InChI is InChI=1S/C14H9Cl2N3O4/c15-9-5-8(13(20)11(16)6-9)7-17-18-14(21)10-3-1-2-4-12(10)19(22)23/h1-7,20H,(H,18,21)/b17-7-. The molecule has 0 fully saturated rings. The number of nitro groups is 1. The molecule has 0 saturated heterocycles. The molecule has 0 heterocycles. The highest BCUT2D eigenvalue weighted by Gasteiger charge is 2.18. The van der Waals surface area contributed by atoms with E-state index in [1.165, 1.54) is 36.4 Å². The Labute approximate surface area is 140 Å². The lowest BCUT2D eigenvalue weighted by molar-refractivity contribution is -0.385. The van der Waals surface area contributed by atoms with Gasteiger partial charge in [-0.05, 0) is 18.2 Å². The van der Waals surface area contributed by atoms with Gasteiger partial charge in [-0.2, -0.15) is 5.10 Å². The largest absolute Gasteiger partial charge is 0.506 e. The molecule has 7 nitrogen and oxygen atoms in total. The molecule has 0 spiro atoms. The predicted molar refractivity (Wildman–Crippen MR) is 86.3 cm³/mol. The van der Waals surface area contributed by atoms with E-state index >= 15 is 0 Å². The van der Waals surface area contributed by atoms with Crippen molar-refractivity contribution in [1.82, 2.24) is 5.43 Å². The molecule has 0 atom stereocenters. The lowest BCUT2D eigenvalue weighted by Crippen LogP contribution is -2.18. The number of phenolic OH excluding ortho intramolecular Hbond substituents is 1. The van der Waals surface area contributed by atoms with Crippen molar-refractivity contribution < 1.29 is 14.8 Å². The first-order chi connectivity index (χ1) is 10.9. The summed E-state index contributed by atoms with van der Waals surface area (Å²) in [6, 6.07) is 8.20. The van der Waals surface area contributed by atoms with Crippen LogP contribution < -0.4 is 5.43 Å². The summed E-state index contributed by atoms with van der Waals surface area (Å²) in [5.74, 6) is -1.01. The molecular weight excluding hydrogens is 345 g/mol. The molecule has 0 radical (unpaired) electrons. The van der Waals surface area contributed by atoms with E-state index in [-0.39, 0.29) is 32.6 Å². The summed E-state index contributed by atoms with van der Waals surface area (Å²) in [6.07, 6.45) is 1.12. The highest BCUT2D eigenvalue weighted by Crippen LogP contribution is 2.29. The maximum absolute atomic E-state index is 11.9. The van der Waals surface area contributed by atoms with Crippen LogP contribution in [0.4, 0.5) is 5.69 Å². The number of hydrazone groups is 1. The minimum Gasteiger partial charge on any atom is -0.506 e. The predicted octanol–water partition coefficient (Wildman–Crippen LogP) is 3.37. The number of hydrogen-bond donors (Lipinski definition) is 2. The number of nitro benzene ring substituents is 1. The minimum absolute atomic E-state index is 0.0315. The fourth-order valence-corrected chi connectivity index (χ4v) is 2.24. The Hall–Kier alpha value is -2.64. The third-order valence-corrected chi connectivity index (χ3v) is 3.28. The van der Waals surface area contributed by atoms with Gasteiger partial charge in [-0.15, -0.1) is 0 Å². The Balaban J connectivity index is 2.19. The van der Waals surface area contributed by atoms with Crippen molar-refractivity contribution in [1.29, 1.82) is 0 Å². The van der Waals surface area contributed by atoms with E-state index in [4.69, 9.17) is 23.2 Å². The van der Waals surface area contributed by atoms with Gasteiger partial charge >= 0.3 is 0 Å². The molecule has 0 saturated carbocycles. The molecule has 2 aromatic carbocycles. The van der Waals surface area contributed by atoms with Crippen molar-refractivity contribution in [2.45, 2.75) is 0 Å². The molecule has 0 aliphatic rings. The first-order valence-electron chi connectivity index (χ1n) is 6.15.